The molecule has 1 aliphatic rings. The SMILES string of the molecule is CCOC(=O)N1C=CC(=CNC(=O)c2ccc(Cl)cc2)C=C1. The highest BCUT2D eigenvalue weighted by Gasteiger charge is 2.11. The highest BCUT2D eigenvalue weighted by atomic mass is 35.5. The second-order valence-corrected chi connectivity index (χ2v) is 4.80. The van der Waals surface area contributed by atoms with Gasteiger partial charge >= 0.3 is 6.09 Å². The van der Waals surface area contributed by atoms with Gasteiger partial charge in [-0.05, 0) is 48.9 Å². The summed E-state index contributed by atoms with van der Waals surface area (Å²) in [6, 6.07) is 6.60. The van der Waals surface area contributed by atoms with Crippen LogP contribution in [0.25, 0.3) is 0 Å². The van der Waals surface area contributed by atoms with Gasteiger partial charge in [0.2, 0.25) is 0 Å². The third-order valence-electron chi connectivity index (χ3n) is 2.81. The number of hydrogen-bond donors (Lipinski definition) is 1. The van der Waals surface area contributed by atoms with Gasteiger partial charge in [-0.3, -0.25) is 9.69 Å². The summed E-state index contributed by atoms with van der Waals surface area (Å²) >= 11 is 5.77. The maximum absolute atomic E-state index is 11.9. The number of rotatable bonds is 3. The van der Waals surface area contributed by atoms with Gasteiger partial charge in [-0.1, -0.05) is 11.6 Å². The van der Waals surface area contributed by atoms with Crippen LogP contribution in [0.3, 0.4) is 0 Å². The van der Waals surface area contributed by atoms with Gasteiger partial charge in [-0.2, -0.15) is 0 Å². The summed E-state index contributed by atoms with van der Waals surface area (Å²) in [7, 11) is 0. The highest BCUT2D eigenvalue weighted by molar-refractivity contribution is 6.30. The molecule has 0 bridgehead atoms. The largest absolute Gasteiger partial charge is 0.449 e. The van der Waals surface area contributed by atoms with E-state index in [1.165, 1.54) is 4.90 Å². The van der Waals surface area contributed by atoms with Crippen molar-refractivity contribution in [3.05, 3.63) is 71.2 Å². The first-order valence-corrected chi connectivity index (χ1v) is 7.06. The number of nitrogens with one attached hydrogen (secondary N) is 1. The van der Waals surface area contributed by atoms with Gasteiger partial charge in [-0.15, -0.1) is 0 Å². The number of halogens is 1. The van der Waals surface area contributed by atoms with E-state index >= 15 is 0 Å². The molecular weight excluding hydrogens is 304 g/mol. The molecule has 0 aliphatic carbocycles. The van der Waals surface area contributed by atoms with Crippen LogP contribution in [-0.4, -0.2) is 23.5 Å². The molecule has 0 atom stereocenters. The maximum Gasteiger partial charge on any atom is 0.417 e. The third-order valence-corrected chi connectivity index (χ3v) is 3.06. The van der Waals surface area contributed by atoms with E-state index in [1.54, 1.807) is 61.9 Å². The second kappa shape index (κ2) is 7.47. The van der Waals surface area contributed by atoms with E-state index in [0.29, 0.717) is 17.2 Å². The molecule has 1 N–H and O–H groups in total. The van der Waals surface area contributed by atoms with Crippen LogP contribution in [0.1, 0.15) is 17.3 Å². The summed E-state index contributed by atoms with van der Waals surface area (Å²) in [5.41, 5.74) is 1.26. The standard InChI is InChI=1S/C16H15ClN2O3/c1-2-22-16(21)19-9-7-12(8-10-19)11-18-15(20)13-3-5-14(17)6-4-13/h3-11H,2H2,1H3,(H,18,20). The average Bonchev–Trinajstić information content (AvgIpc) is 2.54. The fourth-order valence-electron chi connectivity index (χ4n) is 1.69. The number of allylic oxidation sites excluding steroid dienone is 3. The molecule has 22 heavy (non-hydrogen) atoms. The number of amides is 2. The Morgan fingerprint density at radius 2 is 1.86 bits per heavy atom. The van der Waals surface area contributed by atoms with Crippen molar-refractivity contribution in [2.24, 2.45) is 0 Å². The molecule has 0 unspecified atom stereocenters. The summed E-state index contributed by atoms with van der Waals surface area (Å²) in [4.78, 5) is 24.7. The van der Waals surface area contributed by atoms with Crippen LogP contribution in [-0.2, 0) is 4.74 Å². The smallest absolute Gasteiger partial charge is 0.417 e. The minimum Gasteiger partial charge on any atom is -0.449 e. The normalized spacial score (nSPS) is 13.0. The molecule has 5 nitrogen and oxygen atoms in total. The van der Waals surface area contributed by atoms with E-state index in [4.69, 9.17) is 16.3 Å². The van der Waals surface area contributed by atoms with Crippen LogP contribution in [0.2, 0.25) is 5.02 Å². The van der Waals surface area contributed by atoms with Gasteiger partial charge in [0, 0.05) is 29.2 Å². The first kappa shape index (κ1) is 15.9. The first-order valence-electron chi connectivity index (χ1n) is 6.68. The molecule has 0 fully saturated rings. The first-order chi connectivity index (χ1) is 10.6. The van der Waals surface area contributed by atoms with Crippen molar-refractivity contribution in [1.82, 2.24) is 10.2 Å². The van der Waals surface area contributed by atoms with Crippen LogP contribution in [0.4, 0.5) is 4.79 Å². The van der Waals surface area contributed by atoms with Gasteiger partial charge in [-0.25, -0.2) is 4.79 Å². The number of benzene rings is 1. The van der Waals surface area contributed by atoms with Crippen molar-refractivity contribution < 1.29 is 14.3 Å². The predicted octanol–water partition coefficient (Wildman–Crippen LogP) is 3.45. The van der Waals surface area contributed by atoms with Gasteiger partial charge in [0.1, 0.15) is 0 Å². The molecule has 114 valence electrons. The molecule has 6 heteroatoms. The van der Waals surface area contributed by atoms with Crippen molar-refractivity contribution in [3.8, 4) is 0 Å². The number of nitrogens with zero attached hydrogens (tertiary/aromatic N) is 1. The van der Waals surface area contributed by atoms with Crippen molar-refractivity contribution in [2.45, 2.75) is 6.92 Å². The van der Waals surface area contributed by atoms with Gasteiger partial charge < -0.3 is 10.1 Å². The van der Waals surface area contributed by atoms with Crippen LogP contribution in [0.15, 0.2) is 60.6 Å². The van der Waals surface area contributed by atoms with Crippen LogP contribution >= 0.6 is 11.6 Å². The molecule has 1 aromatic rings. The molecule has 1 heterocycles. The van der Waals surface area contributed by atoms with Crippen molar-refractivity contribution in [2.75, 3.05) is 6.61 Å². The molecular formula is C16H15ClN2O3. The summed E-state index contributed by atoms with van der Waals surface area (Å²) < 4.78 is 4.87. The average molecular weight is 319 g/mol. The minimum absolute atomic E-state index is 0.237. The zero-order valence-electron chi connectivity index (χ0n) is 12.0. The van der Waals surface area contributed by atoms with Crippen LogP contribution in [0.5, 0.6) is 0 Å². The molecule has 0 saturated heterocycles. The fourth-order valence-corrected chi connectivity index (χ4v) is 1.81. The van der Waals surface area contributed by atoms with Crippen molar-refractivity contribution in [3.63, 3.8) is 0 Å². The van der Waals surface area contributed by atoms with Gasteiger partial charge in [0.15, 0.2) is 0 Å². The lowest BCUT2D eigenvalue weighted by atomic mass is 10.2. The van der Waals surface area contributed by atoms with Crippen molar-refractivity contribution in [1.29, 1.82) is 0 Å². The van der Waals surface area contributed by atoms with Gasteiger partial charge in [0.05, 0.1) is 6.61 Å². The molecule has 1 aliphatic heterocycles. The number of ether oxygens (including phenoxy) is 1. The van der Waals surface area contributed by atoms with E-state index < -0.39 is 6.09 Å². The Morgan fingerprint density at radius 3 is 2.45 bits per heavy atom. The van der Waals surface area contributed by atoms with Crippen molar-refractivity contribution >= 4 is 23.6 Å². The summed E-state index contributed by atoms with van der Waals surface area (Å²) in [5, 5.41) is 3.25. The van der Waals surface area contributed by atoms with E-state index in [-0.39, 0.29) is 5.91 Å². The fraction of sp³-hybridized carbons (Fsp3) is 0.125. The van der Waals surface area contributed by atoms with Crippen LogP contribution < -0.4 is 5.32 Å². The van der Waals surface area contributed by atoms with E-state index in [2.05, 4.69) is 5.32 Å². The Balaban J connectivity index is 1.94. The molecule has 0 saturated carbocycles. The Morgan fingerprint density at radius 1 is 1.23 bits per heavy atom. The van der Waals surface area contributed by atoms with Gasteiger partial charge in [0.25, 0.3) is 5.91 Å². The lowest BCUT2D eigenvalue weighted by Crippen LogP contribution is -2.23. The molecule has 0 spiro atoms. The summed E-state index contributed by atoms with van der Waals surface area (Å²) in [5.74, 6) is -0.237. The Labute approximate surface area is 133 Å². The Bertz CT molecular complexity index is 632. The molecule has 0 radical (unpaired) electrons. The zero-order valence-corrected chi connectivity index (χ0v) is 12.7. The quantitative estimate of drug-likeness (QED) is 0.928. The zero-order chi connectivity index (χ0) is 15.9. The monoisotopic (exact) mass is 318 g/mol. The Kier molecular flexibility index (Phi) is 5.38. The summed E-state index contributed by atoms with van der Waals surface area (Å²) in [6.07, 6.45) is 7.64. The minimum atomic E-state index is -0.445. The second-order valence-electron chi connectivity index (χ2n) is 4.36. The van der Waals surface area contributed by atoms with Crippen LogP contribution in [0, 0.1) is 0 Å². The molecule has 2 amide bonds. The molecule has 2 rings (SSSR count). The number of carbonyl (C=O) groups excluding carboxylic acids is 2. The third kappa shape index (κ3) is 4.23. The lowest BCUT2D eigenvalue weighted by molar-refractivity contribution is 0.0969. The van der Waals surface area contributed by atoms with E-state index in [9.17, 15) is 9.59 Å². The maximum atomic E-state index is 11.9. The van der Waals surface area contributed by atoms with E-state index in [1.807, 2.05) is 0 Å². The topological polar surface area (TPSA) is 58.6 Å². The Hall–Kier alpha value is -2.53. The number of hydrogen-bond acceptors (Lipinski definition) is 3. The number of carbonyl (C=O) groups is 2. The molecule has 1 aromatic carbocycles. The lowest BCUT2D eigenvalue weighted by Gasteiger charge is -2.16. The summed E-state index contributed by atoms with van der Waals surface area (Å²) in [6.45, 7) is 2.06. The predicted molar refractivity (Wildman–Crippen MR) is 84.1 cm³/mol. The molecule has 0 aromatic heterocycles. The van der Waals surface area contributed by atoms with E-state index in [0.717, 1.165) is 5.57 Å². The highest BCUT2D eigenvalue weighted by Crippen LogP contribution is 2.11.